The molecule has 2 amide bonds. The Labute approximate surface area is 237 Å². The zero-order valence-corrected chi connectivity index (χ0v) is 23.8. The topological polar surface area (TPSA) is 108 Å². The van der Waals surface area contributed by atoms with Crippen LogP contribution in [0.4, 0.5) is 9.18 Å². The highest BCUT2D eigenvalue weighted by molar-refractivity contribution is 8.15. The van der Waals surface area contributed by atoms with Crippen LogP contribution in [0.1, 0.15) is 37.3 Å². The molecule has 0 bridgehead atoms. The van der Waals surface area contributed by atoms with Crippen molar-refractivity contribution in [3.8, 4) is 23.0 Å². The molecule has 40 heavy (non-hydrogen) atoms. The highest BCUT2D eigenvalue weighted by Crippen LogP contribution is 2.43. The minimum absolute atomic E-state index is 0.0588. The number of amides is 2. The molecule has 1 atom stereocenters. The molecule has 11 heteroatoms. The third-order valence-electron chi connectivity index (χ3n) is 6.05. The summed E-state index contributed by atoms with van der Waals surface area (Å²) >= 11 is 0.311. The zero-order valence-electron chi connectivity index (χ0n) is 22.1. The Bertz CT molecular complexity index is 1480. The minimum atomic E-state index is -3.27. The molecule has 0 aromatic heterocycles. The molecule has 0 saturated carbocycles. The van der Waals surface area contributed by atoms with Crippen molar-refractivity contribution in [3.63, 3.8) is 0 Å². The number of benzene rings is 3. The second kappa shape index (κ2) is 12.7. The van der Waals surface area contributed by atoms with Gasteiger partial charge < -0.3 is 14.2 Å². The number of aryl methyl sites for hydroxylation is 1. The maximum atomic E-state index is 15.0. The smallest absolute Gasteiger partial charge is 0.289 e. The molecule has 0 aliphatic carbocycles. The number of carbonyl (C=O) groups is 2. The standard InChI is InChI=1S/C29H30FNO7S2/c1-3-7-20-18-24(38-22-10-13-25(14-11-22)40(2,34)35)12-15-26(20)37-17-5-4-16-36-23-9-6-8-21(19-23)29(30)27(32)31-28(33)39-29/h6,8-15,18-19H,3-5,7,16-17H2,1-2H3,(H,31,32,33). The fraction of sp³-hybridized carbons (Fsp3) is 0.310. The monoisotopic (exact) mass is 587 g/mol. The maximum absolute atomic E-state index is 15.0. The van der Waals surface area contributed by atoms with Gasteiger partial charge in [-0.25, -0.2) is 12.8 Å². The molecule has 1 saturated heterocycles. The average Bonchev–Trinajstić information content (AvgIpc) is 3.19. The van der Waals surface area contributed by atoms with Gasteiger partial charge in [0.15, 0.2) is 9.84 Å². The summed E-state index contributed by atoms with van der Waals surface area (Å²) in [5.41, 5.74) is 1.07. The summed E-state index contributed by atoms with van der Waals surface area (Å²) in [5.74, 6) is 1.36. The Morgan fingerprint density at radius 2 is 1.60 bits per heavy atom. The second-order valence-electron chi connectivity index (χ2n) is 9.24. The largest absolute Gasteiger partial charge is 0.494 e. The first-order chi connectivity index (χ1) is 19.1. The van der Waals surface area contributed by atoms with Gasteiger partial charge in [0.1, 0.15) is 23.0 Å². The van der Waals surface area contributed by atoms with Crippen LogP contribution in [-0.4, -0.2) is 39.0 Å². The molecule has 212 valence electrons. The fourth-order valence-corrected chi connectivity index (χ4v) is 5.46. The number of imide groups is 1. The minimum Gasteiger partial charge on any atom is -0.494 e. The number of halogens is 1. The lowest BCUT2D eigenvalue weighted by Gasteiger charge is -2.16. The van der Waals surface area contributed by atoms with E-state index in [9.17, 15) is 18.0 Å². The lowest BCUT2D eigenvalue weighted by Crippen LogP contribution is -2.30. The number of ether oxygens (including phenoxy) is 3. The summed E-state index contributed by atoms with van der Waals surface area (Å²) in [4.78, 5) is 23.5. The van der Waals surface area contributed by atoms with Crippen molar-refractivity contribution in [2.24, 2.45) is 0 Å². The first-order valence-corrected chi connectivity index (χ1v) is 15.5. The van der Waals surface area contributed by atoms with E-state index in [4.69, 9.17) is 14.2 Å². The van der Waals surface area contributed by atoms with Gasteiger partial charge in [-0.05, 0) is 91.2 Å². The summed E-state index contributed by atoms with van der Waals surface area (Å²) in [6.45, 7) is 2.92. The summed E-state index contributed by atoms with van der Waals surface area (Å²) in [6.07, 6.45) is 4.29. The Balaban J connectivity index is 1.26. The zero-order chi connectivity index (χ0) is 28.8. The van der Waals surface area contributed by atoms with Gasteiger partial charge in [0, 0.05) is 11.8 Å². The maximum Gasteiger partial charge on any atom is 0.289 e. The lowest BCUT2D eigenvalue weighted by atomic mass is 10.1. The molecular weight excluding hydrogens is 557 g/mol. The number of unbranched alkanes of at least 4 members (excludes halogenated alkanes) is 1. The number of carbonyl (C=O) groups excluding carboxylic acids is 2. The molecule has 1 N–H and O–H groups in total. The van der Waals surface area contributed by atoms with Crippen LogP contribution in [0.3, 0.4) is 0 Å². The third-order valence-corrected chi connectivity index (χ3v) is 8.17. The number of hydrogen-bond donors (Lipinski definition) is 1. The fourth-order valence-electron chi connectivity index (χ4n) is 4.04. The van der Waals surface area contributed by atoms with Crippen LogP contribution in [0.2, 0.25) is 0 Å². The highest BCUT2D eigenvalue weighted by atomic mass is 32.2. The van der Waals surface area contributed by atoms with Gasteiger partial charge >= 0.3 is 0 Å². The summed E-state index contributed by atoms with van der Waals surface area (Å²) in [5, 5.41) is -1.21. The molecule has 1 aliphatic heterocycles. The van der Waals surface area contributed by atoms with Crippen molar-refractivity contribution in [1.82, 2.24) is 5.32 Å². The predicted octanol–water partition coefficient (Wildman–Crippen LogP) is 6.18. The van der Waals surface area contributed by atoms with Gasteiger partial charge in [0.25, 0.3) is 16.1 Å². The number of thioether (sulfide) groups is 1. The van der Waals surface area contributed by atoms with Crippen LogP contribution in [0.5, 0.6) is 23.0 Å². The molecule has 1 aliphatic rings. The Kier molecular flexibility index (Phi) is 9.36. The molecule has 1 unspecified atom stereocenters. The van der Waals surface area contributed by atoms with E-state index in [0.29, 0.717) is 48.6 Å². The van der Waals surface area contributed by atoms with Gasteiger partial charge in [-0.1, -0.05) is 25.5 Å². The molecule has 3 aromatic rings. The Morgan fingerprint density at radius 3 is 2.25 bits per heavy atom. The molecule has 1 heterocycles. The van der Waals surface area contributed by atoms with Crippen molar-refractivity contribution in [3.05, 3.63) is 77.9 Å². The van der Waals surface area contributed by atoms with Gasteiger partial charge in [0.05, 0.1) is 18.1 Å². The number of sulfone groups is 1. The van der Waals surface area contributed by atoms with E-state index in [2.05, 4.69) is 6.92 Å². The number of nitrogens with one attached hydrogen (secondary N) is 1. The normalized spacial score (nSPS) is 17.0. The molecule has 0 spiro atoms. The summed E-state index contributed by atoms with van der Waals surface area (Å²) < 4.78 is 56.0. The lowest BCUT2D eigenvalue weighted by molar-refractivity contribution is -0.126. The number of rotatable bonds is 13. The van der Waals surface area contributed by atoms with Gasteiger partial charge in [0.2, 0.25) is 0 Å². The first kappa shape index (κ1) is 29.4. The molecular formula is C29H30FNO7S2. The Hall–Kier alpha value is -3.57. The van der Waals surface area contributed by atoms with Crippen LogP contribution < -0.4 is 19.5 Å². The van der Waals surface area contributed by atoms with Crippen molar-refractivity contribution in [2.45, 2.75) is 42.5 Å². The van der Waals surface area contributed by atoms with Crippen LogP contribution in [0.15, 0.2) is 71.6 Å². The van der Waals surface area contributed by atoms with Crippen LogP contribution in [-0.2, 0) is 26.1 Å². The van der Waals surface area contributed by atoms with Crippen molar-refractivity contribution in [1.29, 1.82) is 0 Å². The van der Waals surface area contributed by atoms with E-state index >= 15 is 4.39 Å². The van der Waals surface area contributed by atoms with Crippen LogP contribution in [0, 0.1) is 0 Å². The molecule has 4 rings (SSSR count). The van der Waals surface area contributed by atoms with E-state index in [1.165, 1.54) is 24.3 Å². The summed E-state index contributed by atoms with van der Waals surface area (Å²) in [7, 11) is -3.27. The van der Waals surface area contributed by atoms with Gasteiger partial charge in [-0.2, -0.15) is 0 Å². The first-order valence-electron chi connectivity index (χ1n) is 12.8. The van der Waals surface area contributed by atoms with E-state index in [0.717, 1.165) is 36.8 Å². The third kappa shape index (κ3) is 7.33. The quantitative estimate of drug-likeness (QED) is 0.236. The second-order valence-corrected chi connectivity index (χ2v) is 12.4. The predicted molar refractivity (Wildman–Crippen MR) is 151 cm³/mol. The number of hydrogen-bond acceptors (Lipinski definition) is 8. The van der Waals surface area contributed by atoms with Crippen molar-refractivity contribution < 1.29 is 36.6 Å². The molecule has 0 radical (unpaired) electrons. The van der Waals surface area contributed by atoms with Gasteiger partial charge in [-0.15, -0.1) is 0 Å². The average molecular weight is 588 g/mol. The Morgan fingerprint density at radius 1 is 0.900 bits per heavy atom. The SMILES string of the molecule is CCCc1cc(Oc2ccc(S(C)(=O)=O)cc2)ccc1OCCCCOc1cccc(C2(F)SC(=O)NC2=O)c1. The van der Waals surface area contributed by atoms with E-state index in [-0.39, 0.29) is 10.5 Å². The van der Waals surface area contributed by atoms with E-state index < -0.39 is 26.0 Å². The van der Waals surface area contributed by atoms with Crippen molar-refractivity contribution >= 4 is 32.7 Å². The van der Waals surface area contributed by atoms with Crippen LogP contribution >= 0.6 is 11.8 Å². The molecule has 3 aromatic carbocycles. The van der Waals surface area contributed by atoms with Gasteiger partial charge in [-0.3, -0.25) is 14.9 Å². The van der Waals surface area contributed by atoms with Crippen molar-refractivity contribution in [2.75, 3.05) is 19.5 Å². The van der Waals surface area contributed by atoms with Crippen LogP contribution in [0.25, 0.3) is 0 Å². The molecule has 8 nitrogen and oxygen atoms in total. The van der Waals surface area contributed by atoms with E-state index in [1.54, 1.807) is 24.3 Å². The summed E-state index contributed by atoms with van der Waals surface area (Å²) in [6, 6.07) is 18.0. The highest BCUT2D eigenvalue weighted by Gasteiger charge is 2.50. The van der Waals surface area contributed by atoms with E-state index in [1.807, 2.05) is 23.5 Å². The molecule has 1 fully saturated rings. The number of alkyl halides is 1.